The van der Waals surface area contributed by atoms with Crippen molar-refractivity contribution >= 4 is 15.9 Å². The number of hydrogen-bond donors (Lipinski definition) is 0. The van der Waals surface area contributed by atoms with E-state index in [1.807, 2.05) is 19.2 Å². The molecule has 4 heteroatoms. The van der Waals surface area contributed by atoms with Crippen LogP contribution in [0, 0.1) is 11.7 Å². The van der Waals surface area contributed by atoms with Gasteiger partial charge in [0.2, 0.25) is 0 Å². The molecule has 0 N–H and O–H groups in total. The molecule has 100 valence electrons. The summed E-state index contributed by atoms with van der Waals surface area (Å²) in [5.74, 6) is 0.830. The second kappa shape index (κ2) is 6.02. The predicted molar refractivity (Wildman–Crippen MR) is 74.7 cm³/mol. The summed E-state index contributed by atoms with van der Waals surface area (Å²) in [5, 5.41) is 0. The highest BCUT2D eigenvalue weighted by Gasteiger charge is 2.27. The zero-order valence-electron chi connectivity index (χ0n) is 10.8. The first-order chi connectivity index (χ1) is 8.60. The number of methoxy groups -OCH3 is 1. The van der Waals surface area contributed by atoms with Crippen molar-refractivity contribution in [2.24, 2.45) is 5.92 Å². The highest BCUT2D eigenvalue weighted by atomic mass is 79.9. The van der Waals surface area contributed by atoms with E-state index in [2.05, 4.69) is 20.8 Å². The maximum atomic E-state index is 14.0. The van der Waals surface area contributed by atoms with E-state index in [-0.39, 0.29) is 5.82 Å². The number of benzene rings is 1. The molecule has 18 heavy (non-hydrogen) atoms. The maximum Gasteiger partial charge on any atom is 0.169 e. The van der Waals surface area contributed by atoms with E-state index in [1.54, 1.807) is 6.07 Å². The second-order valence-corrected chi connectivity index (χ2v) is 6.36. The lowest BCUT2D eigenvalue weighted by atomic mass is 9.85. The third-order valence-electron chi connectivity index (χ3n) is 3.45. The molecule has 0 saturated heterocycles. The molecule has 0 aromatic heterocycles. The SMILES string of the molecule is COc1cccc(CN(C)CC2CC(Br)C2)c1F. The second-order valence-electron chi connectivity index (χ2n) is 5.06. The normalized spacial score (nSPS) is 22.9. The van der Waals surface area contributed by atoms with Gasteiger partial charge < -0.3 is 9.64 Å². The molecule has 2 nitrogen and oxygen atoms in total. The summed E-state index contributed by atoms with van der Waals surface area (Å²) in [7, 11) is 3.54. The molecule has 1 aromatic rings. The molecule has 1 aliphatic carbocycles. The molecule has 0 atom stereocenters. The molecule has 0 bridgehead atoms. The third kappa shape index (κ3) is 3.23. The van der Waals surface area contributed by atoms with Gasteiger partial charge in [-0.15, -0.1) is 0 Å². The first kappa shape index (κ1) is 13.8. The minimum absolute atomic E-state index is 0.237. The fourth-order valence-corrected chi connectivity index (χ4v) is 3.49. The van der Waals surface area contributed by atoms with Gasteiger partial charge in [-0.1, -0.05) is 28.1 Å². The van der Waals surface area contributed by atoms with Crippen LogP contribution in [0.25, 0.3) is 0 Å². The average Bonchev–Trinajstić information content (AvgIpc) is 2.30. The van der Waals surface area contributed by atoms with Gasteiger partial charge in [-0.25, -0.2) is 4.39 Å². The average molecular weight is 316 g/mol. The van der Waals surface area contributed by atoms with Gasteiger partial charge >= 0.3 is 0 Å². The van der Waals surface area contributed by atoms with E-state index in [1.165, 1.54) is 20.0 Å². The lowest BCUT2D eigenvalue weighted by Crippen LogP contribution is -2.34. The summed E-state index contributed by atoms with van der Waals surface area (Å²) >= 11 is 3.59. The molecule has 0 amide bonds. The van der Waals surface area contributed by atoms with Crippen molar-refractivity contribution in [2.75, 3.05) is 20.7 Å². The molecule has 0 radical (unpaired) electrons. The standard InChI is InChI=1S/C14H19BrFNO/c1-17(8-10-6-12(15)7-10)9-11-4-3-5-13(18-2)14(11)16/h3-5,10,12H,6-9H2,1-2H3. The number of ether oxygens (including phenoxy) is 1. The van der Waals surface area contributed by atoms with Gasteiger partial charge in [-0.3, -0.25) is 0 Å². The summed E-state index contributed by atoms with van der Waals surface area (Å²) in [6.07, 6.45) is 2.45. The Morgan fingerprint density at radius 3 is 2.78 bits per heavy atom. The molecule has 2 rings (SSSR count). The van der Waals surface area contributed by atoms with Crippen molar-refractivity contribution in [3.63, 3.8) is 0 Å². The van der Waals surface area contributed by atoms with Gasteiger partial charge in [0.25, 0.3) is 0 Å². The molecule has 0 aliphatic heterocycles. The van der Waals surface area contributed by atoms with Crippen LogP contribution in [0.3, 0.4) is 0 Å². The predicted octanol–water partition coefficient (Wildman–Crippen LogP) is 3.44. The fourth-order valence-electron chi connectivity index (χ4n) is 2.44. The minimum atomic E-state index is -0.237. The number of halogens is 2. The third-order valence-corrected chi connectivity index (χ3v) is 4.20. The Kier molecular flexibility index (Phi) is 4.62. The van der Waals surface area contributed by atoms with E-state index < -0.39 is 0 Å². The largest absolute Gasteiger partial charge is 0.494 e. The Bertz CT molecular complexity index is 407. The van der Waals surface area contributed by atoms with Crippen LogP contribution in [0.2, 0.25) is 0 Å². The summed E-state index contributed by atoms with van der Waals surface area (Å²) in [6, 6.07) is 5.31. The van der Waals surface area contributed by atoms with Gasteiger partial charge in [0.15, 0.2) is 11.6 Å². The Morgan fingerprint density at radius 1 is 1.44 bits per heavy atom. The van der Waals surface area contributed by atoms with Gasteiger partial charge in [-0.2, -0.15) is 0 Å². The van der Waals surface area contributed by atoms with Gasteiger partial charge in [0.1, 0.15) is 0 Å². The van der Waals surface area contributed by atoms with Crippen molar-refractivity contribution in [3.8, 4) is 5.75 Å². The number of hydrogen-bond acceptors (Lipinski definition) is 2. The first-order valence-corrected chi connectivity index (χ1v) is 7.15. The lowest BCUT2D eigenvalue weighted by molar-refractivity contribution is 0.206. The lowest BCUT2D eigenvalue weighted by Gasteiger charge is -2.34. The zero-order chi connectivity index (χ0) is 13.1. The van der Waals surface area contributed by atoms with Crippen molar-refractivity contribution < 1.29 is 9.13 Å². The Labute approximate surface area is 116 Å². The van der Waals surface area contributed by atoms with Crippen LogP contribution in [0.5, 0.6) is 5.75 Å². The number of nitrogens with zero attached hydrogens (tertiary/aromatic N) is 1. The maximum absolute atomic E-state index is 14.0. The van der Waals surface area contributed by atoms with Crippen molar-refractivity contribution in [3.05, 3.63) is 29.6 Å². The molecular weight excluding hydrogens is 297 g/mol. The summed E-state index contributed by atoms with van der Waals surface area (Å²) in [4.78, 5) is 2.87. The fraction of sp³-hybridized carbons (Fsp3) is 0.571. The molecule has 0 unspecified atom stereocenters. The van der Waals surface area contributed by atoms with E-state index in [9.17, 15) is 4.39 Å². The number of rotatable bonds is 5. The molecule has 0 heterocycles. The Balaban J connectivity index is 1.92. The van der Waals surface area contributed by atoms with Gasteiger partial charge in [-0.05, 0) is 31.9 Å². The molecule has 1 saturated carbocycles. The van der Waals surface area contributed by atoms with Crippen LogP contribution in [-0.4, -0.2) is 30.4 Å². The quantitative estimate of drug-likeness (QED) is 0.772. The smallest absolute Gasteiger partial charge is 0.169 e. The highest BCUT2D eigenvalue weighted by molar-refractivity contribution is 9.09. The molecule has 1 aromatic carbocycles. The van der Waals surface area contributed by atoms with E-state index >= 15 is 0 Å². The Morgan fingerprint density at radius 2 is 2.17 bits per heavy atom. The van der Waals surface area contributed by atoms with E-state index in [4.69, 9.17) is 4.74 Å². The van der Waals surface area contributed by atoms with Crippen LogP contribution in [-0.2, 0) is 6.54 Å². The number of alkyl halides is 1. The summed E-state index contributed by atoms with van der Waals surface area (Å²) in [6.45, 7) is 1.66. The molecular formula is C14H19BrFNO. The van der Waals surface area contributed by atoms with Crippen LogP contribution in [0.1, 0.15) is 18.4 Å². The van der Waals surface area contributed by atoms with E-state index in [0.29, 0.717) is 22.7 Å². The molecule has 0 spiro atoms. The molecule has 1 fully saturated rings. The van der Waals surface area contributed by atoms with Gasteiger partial charge in [0.05, 0.1) is 7.11 Å². The van der Waals surface area contributed by atoms with E-state index in [0.717, 1.165) is 12.5 Å². The topological polar surface area (TPSA) is 12.5 Å². The molecule has 1 aliphatic rings. The van der Waals surface area contributed by atoms with Crippen molar-refractivity contribution in [2.45, 2.75) is 24.2 Å². The van der Waals surface area contributed by atoms with Crippen molar-refractivity contribution in [1.29, 1.82) is 0 Å². The highest BCUT2D eigenvalue weighted by Crippen LogP contribution is 2.34. The van der Waals surface area contributed by atoms with Crippen LogP contribution < -0.4 is 4.74 Å². The zero-order valence-corrected chi connectivity index (χ0v) is 12.4. The monoisotopic (exact) mass is 315 g/mol. The van der Waals surface area contributed by atoms with Crippen LogP contribution >= 0.6 is 15.9 Å². The van der Waals surface area contributed by atoms with Crippen LogP contribution in [0.4, 0.5) is 4.39 Å². The van der Waals surface area contributed by atoms with Crippen molar-refractivity contribution in [1.82, 2.24) is 4.90 Å². The minimum Gasteiger partial charge on any atom is -0.494 e. The Hall–Kier alpha value is -0.610. The van der Waals surface area contributed by atoms with Gasteiger partial charge in [0, 0.05) is 23.5 Å². The first-order valence-electron chi connectivity index (χ1n) is 6.24. The van der Waals surface area contributed by atoms with Crippen LogP contribution in [0.15, 0.2) is 18.2 Å². The summed E-state index contributed by atoms with van der Waals surface area (Å²) < 4.78 is 19.0. The summed E-state index contributed by atoms with van der Waals surface area (Å²) in [5.41, 5.74) is 0.701.